The molecule has 146 valence electrons. The molecule has 0 bridgehead atoms. The van der Waals surface area contributed by atoms with Gasteiger partial charge in [0.25, 0.3) is 5.91 Å². The van der Waals surface area contributed by atoms with Crippen molar-refractivity contribution < 1.29 is 9.53 Å². The van der Waals surface area contributed by atoms with E-state index in [1.807, 2.05) is 34.5 Å². The van der Waals surface area contributed by atoms with Crippen molar-refractivity contribution in [1.82, 2.24) is 14.8 Å². The maximum atomic E-state index is 12.8. The number of piperazine rings is 1. The van der Waals surface area contributed by atoms with Crippen LogP contribution < -0.4 is 4.74 Å². The lowest BCUT2D eigenvalue weighted by Crippen LogP contribution is -2.49. The summed E-state index contributed by atoms with van der Waals surface area (Å²) in [5.41, 5.74) is 3.74. The van der Waals surface area contributed by atoms with Crippen molar-refractivity contribution in [1.29, 1.82) is 0 Å². The zero-order chi connectivity index (χ0) is 19.3. The summed E-state index contributed by atoms with van der Waals surface area (Å²) >= 11 is 1.55. The lowest BCUT2D eigenvalue weighted by atomic mass is 9.92. The lowest BCUT2D eigenvalue weighted by molar-refractivity contribution is 0.0623. The van der Waals surface area contributed by atoms with E-state index in [4.69, 9.17) is 4.74 Å². The molecule has 1 aromatic heterocycles. The van der Waals surface area contributed by atoms with Crippen molar-refractivity contribution in [3.8, 4) is 5.75 Å². The second-order valence-electron chi connectivity index (χ2n) is 8.24. The molecule has 0 spiro atoms. The van der Waals surface area contributed by atoms with E-state index in [1.54, 1.807) is 16.8 Å². The summed E-state index contributed by atoms with van der Waals surface area (Å²) in [6.45, 7) is 11.8. The van der Waals surface area contributed by atoms with Crippen molar-refractivity contribution in [2.75, 3.05) is 32.7 Å². The summed E-state index contributed by atoms with van der Waals surface area (Å²) in [5, 5.41) is 1.97. The van der Waals surface area contributed by atoms with Gasteiger partial charge >= 0.3 is 0 Å². The van der Waals surface area contributed by atoms with Crippen LogP contribution in [0.4, 0.5) is 0 Å². The first-order valence-corrected chi connectivity index (χ1v) is 10.5. The number of hydrogen-bond donors (Lipinski definition) is 0. The van der Waals surface area contributed by atoms with Gasteiger partial charge in [-0.05, 0) is 36.6 Å². The minimum atomic E-state index is 0.0876. The Morgan fingerprint density at radius 2 is 2.00 bits per heavy atom. The Morgan fingerprint density at radius 3 is 2.67 bits per heavy atom. The van der Waals surface area contributed by atoms with Crippen LogP contribution in [0.1, 0.15) is 43.2 Å². The predicted molar refractivity (Wildman–Crippen MR) is 109 cm³/mol. The molecule has 1 aliphatic heterocycles. The number of carbonyl (C=O) groups excluding carboxylic acids is 1. The number of aromatic nitrogens is 1. The average molecular weight is 388 g/mol. The molecule has 1 fully saturated rings. The van der Waals surface area contributed by atoms with Crippen LogP contribution in [-0.4, -0.2) is 53.4 Å². The molecule has 1 amide bonds. The van der Waals surface area contributed by atoms with Gasteiger partial charge in [-0.15, -0.1) is 11.3 Å². The quantitative estimate of drug-likeness (QED) is 0.754. The molecule has 6 heteroatoms. The molecule has 1 aliphatic rings. The zero-order valence-corrected chi connectivity index (χ0v) is 17.3. The lowest BCUT2D eigenvalue weighted by Gasteiger charge is -2.36. The van der Waals surface area contributed by atoms with Crippen molar-refractivity contribution in [2.45, 2.75) is 33.8 Å². The van der Waals surface area contributed by atoms with E-state index in [1.165, 1.54) is 6.42 Å². The van der Waals surface area contributed by atoms with Gasteiger partial charge in [-0.25, -0.2) is 4.98 Å². The summed E-state index contributed by atoms with van der Waals surface area (Å²) in [6.07, 6.45) is 1.18. The normalized spacial score (nSPS) is 15.7. The minimum Gasteiger partial charge on any atom is -0.487 e. The molecule has 3 rings (SSSR count). The molecule has 27 heavy (non-hydrogen) atoms. The third-order valence-corrected chi connectivity index (χ3v) is 5.42. The molecule has 1 aromatic carbocycles. The Bertz CT molecular complexity index is 732. The van der Waals surface area contributed by atoms with Crippen LogP contribution in [0.25, 0.3) is 0 Å². The Kier molecular flexibility index (Phi) is 6.50. The number of benzene rings is 1. The molecular formula is C21H29N3O2S. The van der Waals surface area contributed by atoms with Gasteiger partial charge in [-0.3, -0.25) is 9.69 Å². The maximum Gasteiger partial charge on any atom is 0.254 e. The Labute approximate surface area is 166 Å². The zero-order valence-electron chi connectivity index (χ0n) is 16.5. The summed E-state index contributed by atoms with van der Waals surface area (Å²) in [7, 11) is 0. The number of amides is 1. The van der Waals surface area contributed by atoms with Crippen LogP contribution in [0.15, 0.2) is 35.2 Å². The fourth-order valence-corrected chi connectivity index (χ4v) is 3.58. The fourth-order valence-electron chi connectivity index (χ4n) is 3.04. The predicted octanol–water partition coefficient (Wildman–Crippen LogP) is 3.92. The number of hydrogen-bond acceptors (Lipinski definition) is 5. The molecule has 2 aromatic rings. The van der Waals surface area contributed by atoms with Crippen LogP contribution in [0.5, 0.6) is 5.75 Å². The van der Waals surface area contributed by atoms with Crippen molar-refractivity contribution in [3.63, 3.8) is 0 Å². The second-order valence-corrected chi connectivity index (χ2v) is 8.96. The minimum absolute atomic E-state index is 0.0876. The van der Waals surface area contributed by atoms with Crippen molar-refractivity contribution in [3.05, 3.63) is 46.4 Å². The number of ether oxygens (including phenoxy) is 1. The second kappa shape index (κ2) is 8.85. The number of rotatable bonds is 6. The molecule has 0 aliphatic carbocycles. The topological polar surface area (TPSA) is 45.7 Å². The van der Waals surface area contributed by atoms with Crippen LogP contribution in [-0.2, 0) is 6.61 Å². The molecule has 5 nitrogen and oxygen atoms in total. The van der Waals surface area contributed by atoms with Crippen LogP contribution in [0, 0.1) is 5.41 Å². The molecule has 2 heterocycles. The molecule has 0 atom stereocenters. The highest BCUT2D eigenvalue weighted by Crippen LogP contribution is 2.20. The third-order valence-electron chi connectivity index (χ3n) is 4.79. The summed E-state index contributed by atoms with van der Waals surface area (Å²) in [4.78, 5) is 21.5. The maximum absolute atomic E-state index is 12.8. The molecule has 0 radical (unpaired) electrons. The highest BCUT2D eigenvalue weighted by Gasteiger charge is 2.23. The Balaban J connectivity index is 1.51. The van der Waals surface area contributed by atoms with E-state index in [0.717, 1.165) is 38.4 Å². The average Bonchev–Trinajstić information content (AvgIpc) is 3.18. The third kappa shape index (κ3) is 6.04. The SMILES string of the molecule is CC(C)(C)CCN1CCN(C(=O)c2cccc(OCc3cscn3)c2)CC1. The van der Waals surface area contributed by atoms with Crippen LogP contribution in [0.3, 0.4) is 0 Å². The molecule has 0 unspecified atom stereocenters. The summed E-state index contributed by atoms with van der Waals surface area (Å²) in [5.74, 6) is 0.794. The van der Waals surface area contributed by atoms with Gasteiger partial charge in [-0.2, -0.15) is 0 Å². The van der Waals surface area contributed by atoms with E-state index in [9.17, 15) is 4.79 Å². The van der Waals surface area contributed by atoms with E-state index in [-0.39, 0.29) is 5.91 Å². The first-order valence-electron chi connectivity index (χ1n) is 9.52. The summed E-state index contributed by atoms with van der Waals surface area (Å²) in [6, 6.07) is 7.46. The van der Waals surface area contributed by atoms with Crippen LogP contribution in [0.2, 0.25) is 0 Å². The summed E-state index contributed by atoms with van der Waals surface area (Å²) < 4.78 is 5.77. The van der Waals surface area contributed by atoms with Crippen LogP contribution >= 0.6 is 11.3 Å². The van der Waals surface area contributed by atoms with E-state index >= 15 is 0 Å². The van der Waals surface area contributed by atoms with Crippen molar-refractivity contribution >= 4 is 17.2 Å². The first kappa shape index (κ1) is 19.8. The van der Waals surface area contributed by atoms with E-state index in [2.05, 4.69) is 30.7 Å². The van der Waals surface area contributed by atoms with Gasteiger partial charge in [0.2, 0.25) is 0 Å². The van der Waals surface area contributed by atoms with Gasteiger partial charge in [0.05, 0.1) is 11.2 Å². The molecule has 0 N–H and O–H groups in total. The molecule has 1 saturated heterocycles. The van der Waals surface area contributed by atoms with Gasteiger partial charge in [-0.1, -0.05) is 26.8 Å². The van der Waals surface area contributed by atoms with Gasteiger partial charge in [0.15, 0.2) is 0 Å². The molecular weight excluding hydrogens is 358 g/mol. The highest BCUT2D eigenvalue weighted by molar-refractivity contribution is 7.07. The van der Waals surface area contributed by atoms with E-state index < -0.39 is 0 Å². The number of carbonyl (C=O) groups is 1. The monoisotopic (exact) mass is 387 g/mol. The highest BCUT2D eigenvalue weighted by atomic mass is 32.1. The van der Waals surface area contributed by atoms with Crippen molar-refractivity contribution in [2.24, 2.45) is 5.41 Å². The molecule has 0 saturated carbocycles. The van der Waals surface area contributed by atoms with Gasteiger partial charge < -0.3 is 9.64 Å². The smallest absolute Gasteiger partial charge is 0.254 e. The number of nitrogens with zero attached hydrogens (tertiary/aromatic N) is 3. The Morgan fingerprint density at radius 1 is 1.22 bits per heavy atom. The standard InChI is InChI=1S/C21H29N3O2S/c1-21(2,3)7-8-23-9-11-24(12-10-23)20(25)17-5-4-6-19(13-17)26-14-18-15-27-16-22-18/h4-6,13,15-16H,7-12,14H2,1-3H3. The fraction of sp³-hybridized carbons (Fsp3) is 0.524. The first-order chi connectivity index (χ1) is 12.9. The Hall–Kier alpha value is -1.92. The van der Waals surface area contributed by atoms with Gasteiger partial charge in [0.1, 0.15) is 12.4 Å². The largest absolute Gasteiger partial charge is 0.487 e. The van der Waals surface area contributed by atoms with E-state index in [0.29, 0.717) is 23.3 Å². The number of thiazole rings is 1. The van der Waals surface area contributed by atoms with Gasteiger partial charge in [0, 0.05) is 37.1 Å².